The molecule has 0 aromatic carbocycles. The second kappa shape index (κ2) is 8.42. The largest absolute Gasteiger partial charge is 0.756 e. The average molecular weight is 264 g/mol. The fourth-order valence-electron chi connectivity index (χ4n) is 1.04. The number of rotatable bonds is 5. The Morgan fingerprint density at radius 1 is 1.29 bits per heavy atom. The third kappa shape index (κ3) is 8.10. The number of aromatic nitrogens is 2. The van der Waals surface area contributed by atoms with Crippen molar-refractivity contribution >= 4 is 7.82 Å². The SMILES string of the molecule is CCOP(=O)([O-])OCC.CCn1cc[n+](C)c1. The van der Waals surface area contributed by atoms with Crippen molar-refractivity contribution in [3.63, 3.8) is 0 Å². The van der Waals surface area contributed by atoms with Crippen molar-refractivity contribution in [2.45, 2.75) is 27.3 Å². The molecular formula is C10H21N2O4P. The third-order valence-corrected chi connectivity index (χ3v) is 2.91. The Hall–Kier alpha value is -0.680. The predicted octanol–water partition coefficient (Wildman–Crippen LogP) is 0.860. The molecule has 0 aliphatic rings. The van der Waals surface area contributed by atoms with Crippen LogP contribution in [-0.2, 0) is 27.2 Å². The molecule has 6 nitrogen and oxygen atoms in total. The van der Waals surface area contributed by atoms with Gasteiger partial charge in [0, 0.05) is 0 Å². The number of hydrogen-bond donors (Lipinski definition) is 0. The highest BCUT2D eigenvalue weighted by Gasteiger charge is 2.04. The number of nitrogens with zero attached hydrogens (tertiary/aromatic N) is 2. The first kappa shape index (κ1) is 16.3. The lowest BCUT2D eigenvalue weighted by Gasteiger charge is -2.20. The molecule has 1 rings (SSSR count). The van der Waals surface area contributed by atoms with Crippen molar-refractivity contribution in [2.24, 2.45) is 7.05 Å². The van der Waals surface area contributed by atoms with Crippen LogP contribution in [0.15, 0.2) is 18.7 Å². The van der Waals surface area contributed by atoms with E-state index in [2.05, 4.69) is 33.1 Å². The van der Waals surface area contributed by atoms with E-state index >= 15 is 0 Å². The molecule has 0 unspecified atom stereocenters. The van der Waals surface area contributed by atoms with Gasteiger partial charge in [-0.15, -0.1) is 0 Å². The highest BCUT2D eigenvalue weighted by atomic mass is 31.2. The molecule has 0 atom stereocenters. The van der Waals surface area contributed by atoms with Crippen LogP contribution < -0.4 is 9.46 Å². The Labute approximate surface area is 102 Å². The smallest absolute Gasteiger partial charge is 0.267 e. The quantitative estimate of drug-likeness (QED) is 0.584. The number of aryl methyl sites for hydroxylation is 2. The fourth-order valence-corrected chi connectivity index (χ4v) is 1.75. The molecule has 0 saturated carbocycles. The molecule has 17 heavy (non-hydrogen) atoms. The Bertz CT molecular complexity index is 344. The zero-order valence-corrected chi connectivity index (χ0v) is 11.7. The van der Waals surface area contributed by atoms with Crippen LogP contribution in [0.2, 0.25) is 0 Å². The van der Waals surface area contributed by atoms with Gasteiger partial charge in [0.2, 0.25) is 6.33 Å². The summed E-state index contributed by atoms with van der Waals surface area (Å²) in [6, 6.07) is 0. The maximum Gasteiger partial charge on any atom is 0.267 e. The van der Waals surface area contributed by atoms with Crippen LogP contribution in [-0.4, -0.2) is 17.8 Å². The van der Waals surface area contributed by atoms with Crippen LogP contribution >= 0.6 is 7.82 Å². The van der Waals surface area contributed by atoms with Gasteiger partial charge >= 0.3 is 0 Å². The number of hydrogen-bond acceptors (Lipinski definition) is 4. The Balaban J connectivity index is 0.000000302. The minimum Gasteiger partial charge on any atom is -0.756 e. The summed E-state index contributed by atoms with van der Waals surface area (Å²) in [5.74, 6) is 0. The van der Waals surface area contributed by atoms with Crippen LogP contribution in [0.5, 0.6) is 0 Å². The van der Waals surface area contributed by atoms with E-state index in [4.69, 9.17) is 0 Å². The third-order valence-electron chi connectivity index (χ3n) is 1.76. The van der Waals surface area contributed by atoms with Crippen molar-refractivity contribution in [1.82, 2.24) is 4.57 Å². The Morgan fingerprint density at radius 2 is 1.82 bits per heavy atom. The lowest BCUT2D eigenvalue weighted by atomic mass is 10.7. The van der Waals surface area contributed by atoms with E-state index < -0.39 is 7.82 Å². The molecule has 0 bridgehead atoms. The molecule has 1 aromatic heterocycles. The summed E-state index contributed by atoms with van der Waals surface area (Å²) in [5.41, 5.74) is 0. The molecule has 0 spiro atoms. The van der Waals surface area contributed by atoms with Gasteiger partial charge in [0.15, 0.2) is 0 Å². The van der Waals surface area contributed by atoms with Crippen LogP contribution in [0.25, 0.3) is 0 Å². The first-order valence-electron chi connectivity index (χ1n) is 5.56. The maximum absolute atomic E-state index is 10.4. The number of phosphoric acid groups is 1. The highest BCUT2D eigenvalue weighted by molar-refractivity contribution is 7.45. The van der Waals surface area contributed by atoms with Crippen LogP contribution in [0, 0.1) is 0 Å². The molecule has 7 heteroatoms. The zero-order chi connectivity index (χ0) is 13.3. The fraction of sp³-hybridized carbons (Fsp3) is 0.700. The topological polar surface area (TPSA) is 67.4 Å². The monoisotopic (exact) mass is 264 g/mol. The maximum atomic E-state index is 10.4. The van der Waals surface area contributed by atoms with Crippen molar-refractivity contribution in [2.75, 3.05) is 13.2 Å². The van der Waals surface area contributed by atoms with Gasteiger partial charge in [-0.1, -0.05) is 0 Å². The minimum atomic E-state index is -3.94. The summed E-state index contributed by atoms with van der Waals surface area (Å²) in [4.78, 5) is 10.4. The van der Waals surface area contributed by atoms with Crippen LogP contribution in [0.4, 0.5) is 0 Å². The van der Waals surface area contributed by atoms with E-state index in [-0.39, 0.29) is 13.2 Å². The highest BCUT2D eigenvalue weighted by Crippen LogP contribution is 2.37. The second-order valence-electron chi connectivity index (χ2n) is 3.19. The van der Waals surface area contributed by atoms with Gasteiger partial charge in [-0.05, 0) is 20.8 Å². The van der Waals surface area contributed by atoms with E-state index in [9.17, 15) is 9.46 Å². The second-order valence-corrected chi connectivity index (χ2v) is 4.60. The molecule has 1 heterocycles. The molecule has 0 aliphatic heterocycles. The summed E-state index contributed by atoms with van der Waals surface area (Å²) in [7, 11) is -1.92. The van der Waals surface area contributed by atoms with Gasteiger partial charge in [-0.3, -0.25) is 4.57 Å². The van der Waals surface area contributed by atoms with E-state index in [1.165, 1.54) is 0 Å². The molecule has 1 aromatic rings. The van der Waals surface area contributed by atoms with Gasteiger partial charge < -0.3 is 13.9 Å². The molecule has 0 N–H and O–H groups in total. The van der Waals surface area contributed by atoms with Gasteiger partial charge in [0.1, 0.15) is 12.4 Å². The molecule has 0 radical (unpaired) electrons. The number of phosphoric ester groups is 1. The van der Waals surface area contributed by atoms with Gasteiger partial charge in [0.25, 0.3) is 7.82 Å². The molecular weight excluding hydrogens is 243 g/mol. The van der Waals surface area contributed by atoms with Crippen LogP contribution in [0.1, 0.15) is 20.8 Å². The molecule has 0 saturated heterocycles. The summed E-state index contributed by atoms with van der Waals surface area (Å²) in [6.45, 7) is 6.61. The standard InChI is InChI=1S/C6H11N2.C4H11O4P/c1-3-8-5-4-7(2)6-8;1-3-7-9(5,6)8-4-2/h4-6H,3H2,1-2H3;3-4H2,1-2H3,(H,5,6)/q+1;/p-1. The lowest BCUT2D eigenvalue weighted by Crippen LogP contribution is -2.23. The summed E-state index contributed by atoms with van der Waals surface area (Å²) < 4.78 is 23.1. The molecule has 0 fully saturated rings. The normalized spacial score (nSPS) is 10.9. The molecule has 0 aliphatic carbocycles. The van der Waals surface area contributed by atoms with E-state index in [1.54, 1.807) is 13.8 Å². The Kier molecular flexibility index (Phi) is 8.08. The average Bonchev–Trinajstić information content (AvgIpc) is 2.65. The van der Waals surface area contributed by atoms with E-state index in [0.717, 1.165) is 6.54 Å². The summed E-state index contributed by atoms with van der Waals surface area (Å²) in [6.07, 6.45) is 6.14. The first-order valence-corrected chi connectivity index (χ1v) is 7.02. The zero-order valence-electron chi connectivity index (χ0n) is 10.8. The van der Waals surface area contributed by atoms with Crippen LogP contribution in [0.3, 0.4) is 0 Å². The van der Waals surface area contributed by atoms with Crippen molar-refractivity contribution in [1.29, 1.82) is 0 Å². The number of imidazole rings is 1. The van der Waals surface area contributed by atoms with E-state index in [0.29, 0.717) is 0 Å². The predicted molar refractivity (Wildman–Crippen MR) is 62.1 cm³/mol. The minimum absolute atomic E-state index is 0.126. The van der Waals surface area contributed by atoms with Gasteiger partial charge in [0.05, 0.1) is 26.8 Å². The molecule has 100 valence electrons. The van der Waals surface area contributed by atoms with Gasteiger partial charge in [-0.2, -0.15) is 0 Å². The summed E-state index contributed by atoms with van der Waals surface area (Å²) >= 11 is 0. The van der Waals surface area contributed by atoms with E-state index in [1.807, 2.05) is 17.8 Å². The Morgan fingerprint density at radius 3 is 2.06 bits per heavy atom. The lowest BCUT2D eigenvalue weighted by molar-refractivity contribution is -0.671. The van der Waals surface area contributed by atoms with Crippen molar-refractivity contribution in [3.8, 4) is 0 Å². The first-order chi connectivity index (χ1) is 7.95. The molecule has 0 amide bonds. The summed E-state index contributed by atoms with van der Waals surface area (Å²) in [5, 5.41) is 0. The van der Waals surface area contributed by atoms with Crippen molar-refractivity contribution < 1.29 is 23.1 Å². The van der Waals surface area contributed by atoms with Gasteiger partial charge in [-0.25, -0.2) is 9.13 Å². The van der Waals surface area contributed by atoms with Crippen molar-refractivity contribution in [3.05, 3.63) is 18.7 Å².